The van der Waals surface area contributed by atoms with Crippen molar-refractivity contribution >= 4 is 33.5 Å². The molecule has 7 heteroatoms. The van der Waals surface area contributed by atoms with Gasteiger partial charge >= 0.3 is 0 Å². The Morgan fingerprint density at radius 3 is 2.71 bits per heavy atom. The second-order valence-corrected chi connectivity index (χ2v) is 5.35. The van der Waals surface area contributed by atoms with Gasteiger partial charge in [0.25, 0.3) is 0 Å². The number of benzene rings is 1. The van der Waals surface area contributed by atoms with E-state index in [0.29, 0.717) is 11.1 Å². The maximum atomic E-state index is 4.45. The zero-order valence-corrected chi connectivity index (χ0v) is 11.6. The Morgan fingerprint density at radius 2 is 1.86 bits per heavy atom. The molecule has 0 fully saturated rings. The minimum absolute atomic E-state index is 0.661. The number of nitrogens with one attached hydrogen (secondary N) is 2. The van der Waals surface area contributed by atoms with Gasteiger partial charge in [-0.2, -0.15) is 0 Å². The van der Waals surface area contributed by atoms with E-state index in [1.165, 1.54) is 11.3 Å². The molecule has 0 amide bonds. The molecule has 6 nitrogen and oxygen atoms in total. The number of pyridine rings is 1. The molecule has 21 heavy (non-hydrogen) atoms. The van der Waals surface area contributed by atoms with Crippen LogP contribution in [0.15, 0.2) is 48.8 Å². The highest BCUT2D eigenvalue weighted by Gasteiger charge is 2.08. The minimum atomic E-state index is 0.661. The molecule has 0 spiro atoms. The van der Waals surface area contributed by atoms with Crippen molar-refractivity contribution in [2.45, 2.75) is 0 Å². The maximum Gasteiger partial charge on any atom is 0.212 e. The molecule has 4 rings (SSSR count). The second kappa shape index (κ2) is 4.95. The molecule has 102 valence electrons. The first-order valence-electron chi connectivity index (χ1n) is 6.34. The summed E-state index contributed by atoms with van der Waals surface area (Å²) in [6.45, 7) is 0. The van der Waals surface area contributed by atoms with Crippen LogP contribution in [0.25, 0.3) is 21.6 Å². The summed E-state index contributed by atoms with van der Waals surface area (Å²) in [5.41, 5.74) is 2.90. The Kier molecular flexibility index (Phi) is 2.82. The SMILES string of the molecule is c1ccc2[nH]c(Nc3nnc(-c4ccncc4)s3)nc2c1. The molecule has 0 saturated carbocycles. The van der Waals surface area contributed by atoms with E-state index in [-0.39, 0.29) is 0 Å². The maximum absolute atomic E-state index is 4.45. The van der Waals surface area contributed by atoms with Gasteiger partial charge in [-0.1, -0.05) is 23.5 Å². The van der Waals surface area contributed by atoms with Gasteiger partial charge < -0.3 is 10.3 Å². The predicted molar refractivity (Wildman–Crippen MR) is 82.5 cm³/mol. The summed E-state index contributed by atoms with van der Waals surface area (Å²) in [7, 11) is 0. The lowest BCUT2D eigenvalue weighted by atomic mass is 10.3. The predicted octanol–water partition coefficient (Wildman–Crippen LogP) is 3.22. The molecule has 3 heterocycles. The lowest BCUT2D eigenvalue weighted by Gasteiger charge is -1.94. The van der Waals surface area contributed by atoms with Crippen molar-refractivity contribution in [2.24, 2.45) is 0 Å². The number of hydrogen-bond acceptors (Lipinski definition) is 6. The summed E-state index contributed by atoms with van der Waals surface area (Å²) in [6.07, 6.45) is 3.48. The van der Waals surface area contributed by atoms with Gasteiger partial charge in [0.1, 0.15) is 5.01 Å². The monoisotopic (exact) mass is 294 g/mol. The van der Waals surface area contributed by atoms with Gasteiger partial charge in [-0.25, -0.2) is 4.98 Å². The lowest BCUT2D eigenvalue weighted by Crippen LogP contribution is -1.90. The van der Waals surface area contributed by atoms with Crippen LogP contribution in [0.1, 0.15) is 0 Å². The lowest BCUT2D eigenvalue weighted by molar-refractivity contribution is 1.09. The summed E-state index contributed by atoms with van der Waals surface area (Å²) in [6, 6.07) is 11.7. The van der Waals surface area contributed by atoms with E-state index in [4.69, 9.17) is 0 Å². The van der Waals surface area contributed by atoms with Crippen LogP contribution in [0.5, 0.6) is 0 Å². The van der Waals surface area contributed by atoms with Gasteiger partial charge in [-0.15, -0.1) is 10.2 Å². The molecule has 0 aliphatic carbocycles. The van der Waals surface area contributed by atoms with Crippen molar-refractivity contribution < 1.29 is 0 Å². The number of para-hydroxylation sites is 2. The van der Waals surface area contributed by atoms with Crippen molar-refractivity contribution in [3.63, 3.8) is 0 Å². The molecular formula is C14H10N6S. The number of imidazole rings is 1. The van der Waals surface area contributed by atoms with E-state index in [9.17, 15) is 0 Å². The average molecular weight is 294 g/mol. The molecule has 4 aromatic rings. The first-order chi connectivity index (χ1) is 10.4. The second-order valence-electron chi connectivity index (χ2n) is 4.38. The third-order valence-electron chi connectivity index (χ3n) is 2.97. The zero-order chi connectivity index (χ0) is 14.1. The average Bonchev–Trinajstić information content (AvgIpc) is 3.14. The number of nitrogens with zero attached hydrogens (tertiary/aromatic N) is 4. The third-order valence-corrected chi connectivity index (χ3v) is 3.85. The van der Waals surface area contributed by atoms with E-state index in [1.807, 2.05) is 36.4 Å². The smallest absolute Gasteiger partial charge is 0.212 e. The molecule has 0 unspecified atom stereocenters. The summed E-state index contributed by atoms with van der Waals surface area (Å²) in [5.74, 6) is 0.661. The van der Waals surface area contributed by atoms with Crippen LogP contribution in [0.2, 0.25) is 0 Å². The summed E-state index contributed by atoms with van der Waals surface area (Å²) < 4.78 is 0. The van der Waals surface area contributed by atoms with Crippen molar-refractivity contribution in [3.05, 3.63) is 48.8 Å². The van der Waals surface area contributed by atoms with Crippen molar-refractivity contribution in [1.82, 2.24) is 25.1 Å². The van der Waals surface area contributed by atoms with Crippen molar-refractivity contribution in [2.75, 3.05) is 5.32 Å². The van der Waals surface area contributed by atoms with Crippen molar-refractivity contribution in [1.29, 1.82) is 0 Å². The van der Waals surface area contributed by atoms with Gasteiger partial charge in [-0.3, -0.25) is 4.98 Å². The Labute approximate surface area is 123 Å². The summed E-state index contributed by atoms with van der Waals surface area (Å²) in [4.78, 5) is 11.6. The van der Waals surface area contributed by atoms with E-state index in [1.54, 1.807) is 12.4 Å². The van der Waals surface area contributed by atoms with Crippen LogP contribution in [-0.4, -0.2) is 25.1 Å². The molecule has 2 N–H and O–H groups in total. The van der Waals surface area contributed by atoms with Crippen LogP contribution in [-0.2, 0) is 0 Å². The summed E-state index contributed by atoms with van der Waals surface area (Å²) >= 11 is 1.47. The third kappa shape index (κ3) is 2.34. The highest BCUT2D eigenvalue weighted by molar-refractivity contribution is 7.18. The normalized spacial score (nSPS) is 10.9. The number of aromatic nitrogens is 5. The first kappa shape index (κ1) is 12.0. The van der Waals surface area contributed by atoms with Gasteiger partial charge in [0.15, 0.2) is 0 Å². The molecule has 0 aliphatic heterocycles. The van der Waals surface area contributed by atoms with Crippen LogP contribution in [0, 0.1) is 0 Å². The quantitative estimate of drug-likeness (QED) is 0.606. The van der Waals surface area contributed by atoms with E-state index in [0.717, 1.165) is 21.6 Å². The molecule has 0 atom stereocenters. The number of H-pyrrole nitrogens is 1. The number of rotatable bonds is 3. The molecule has 0 radical (unpaired) electrons. The highest BCUT2D eigenvalue weighted by atomic mass is 32.1. The molecule has 0 bridgehead atoms. The number of aromatic amines is 1. The fourth-order valence-corrected chi connectivity index (χ4v) is 2.75. The topological polar surface area (TPSA) is 79.4 Å². The number of hydrogen-bond donors (Lipinski definition) is 2. The largest absolute Gasteiger partial charge is 0.324 e. The Bertz CT molecular complexity index is 850. The molecule has 1 aromatic carbocycles. The van der Waals surface area contributed by atoms with Gasteiger partial charge in [0.2, 0.25) is 11.1 Å². The zero-order valence-electron chi connectivity index (χ0n) is 10.8. The highest BCUT2D eigenvalue weighted by Crippen LogP contribution is 2.27. The molecule has 0 aliphatic rings. The summed E-state index contributed by atoms with van der Waals surface area (Å²) in [5, 5.41) is 13.0. The Balaban J connectivity index is 1.61. The standard InChI is InChI=1S/C14H10N6S/c1-2-4-11-10(3-1)16-13(17-11)18-14-20-19-12(21-14)9-5-7-15-8-6-9/h1-8H,(H2,16,17,18,20). The van der Waals surface area contributed by atoms with Crippen molar-refractivity contribution in [3.8, 4) is 10.6 Å². The van der Waals surface area contributed by atoms with Gasteiger partial charge in [-0.05, 0) is 24.3 Å². The Hall–Kier alpha value is -2.80. The van der Waals surface area contributed by atoms with Crippen LogP contribution in [0.3, 0.4) is 0 Å². The molecule has 0 saturated heterocycles. The minimum Gasteiger partial charge on any atom is -0.324 e. The fraction of sp³-hybridized carbons (Fsp3) is 0. The molecule has 3 aromatic heterocycles. The molecular weight excluding hydrogens is 284 g/mol. The number of fused-ring (bicyclic) bond motifs is 1. The van der Waals surface area contributed by atoms with E-state index >= 15 is 0 Å². The van der Waals surface area contributed by atoms with Crippen LogP contribution in [0.4, 0.5) is 11.1 Å². The van der Waals surface area contributed by atoms with Crippen LogP contribution < -0.4 is 5.32 Å². The first-order valence-corrected chi connectivity index (χ1v) is 7.16. The van der Waals surface area contributed by atoms with Crippen LogP contribution >= 0.6 is 11.3 Å². The van der Waals surface area contributed by atoms with E-state index in [2.05, 4.69) is 30.5 Å². The van der Waals surface area contributed by atoms with Gasteiger partial charge in [0, 0.05) is 18.0 Å². The fourth-order valence-electron chi connectivity index (χ4n) is 2.00. The Morgan fingerprint density at radius 1 is 1.00 bits per heavy atom. The van der Waals surface area contributed by atoms with E-state index < -0.39 is 0 Å². The van der Waals surface area contributed by atoms with Gasteiger partial charge in [0.05, 0.1) is 11.0 Å². The number of anilines is 2.